The van der Waals surface area contributed by atoms with E-state index in [1.54, 1.807) is 17.0 Å². The summed E-state index contributed by atoms with van der Waals surface area (Å²) in [5.41, 5.74) is 1.11. The summed E-state index contributed by atoms with van der Waals surface area (Å²) in [6.45, 7) is 4.81. The second-order valence-corrected chi connectivity index (χ2v) is 11.5. The lowest BCUT2D eigenvalue weighted by Gasteiger charge is -2.42. The molecule has 252 valence electrons. The van der Waals surface area contributed by atoms with E-state index in [1.165, 1.54) is 42.4 Å². The molecule has 0 radical (unpaired) electrons. The fourth-order valence-electron chi connectivity index (χ4n) is 6.02. The van der Waals surface area contributed by atoms with Gasteiger partial charge in [0.25, 0.3) is 5.91 Å². The predicted molar refractivity (Wildman–Crippen MR) is 171 cm³/mol. The minimum atomic E-state index is -1.05. The molecule has 0 aliphatic carbocycles. The van der Waals surface area contributed by atoms with Gasteiger partial charge in [-0.25, -0.2) is 14.5 Å². The minimum Gasteiger partial charge on any atom is -0.493 e. The number of carboxylic acids is 1. The first-order valence-electron chi connectivity index (χ1n) is 15.9. The van der Waals surface area contributed by atoms with E-state index in [9.17, 15) is 19.2 Å². The van der Waals surface area contributed by atoms with Crippen LogP contribution in [0.25, 0.3) is 0 Å². The predicted octanol–water partition coefficient (Wildman–Crippen LogP) is 5.20. The highest BCUT2D eigenvalue weighted by atomic mass is 16.7. The average molecular weight is 652 g/mol. The first-order valence-corrected chi connectivity index (χ1v) is 15.9. The van der Waals surface area contributed by atoms with Crippen LogP contribution >= 0.6 is 0 Å². The van der Waals surface area contributed by atoms with Crippen LogP contribution in [0.4, 0.5) is 16.2 Å². The maximum absolute atomic E-state index is 14.1. The van der Waals surface area contributed by atoms with Crippen molar-refractivity contribution in [2.75, 3.05) is 43.7 Å². The normalized spacial score (nSPS) is 20.7. The first-order chi connectivity index (χ1) is 22.8. The number of carbonyl (C=O) groups is 4. The van der Waals surface area contributed by atoms with E-state index in [0.717, 1.165) is 25.7 Å². The van der Waals surface area contributed by atoms with Gasteiger partial charge in [0.1, 0.15) is 6.61 Å². The van der Waals surface area contributed by atoms with Crippen LogP contribution in [0.1, 0.15) is 72.1 Å². The van der Waals surface area contributed by atoms with Crippen LogP contribution in [0.3, 0.4) is 0 Å². The number of carbonyl (C=O) groups excluding carboxylic acids is 3. The number of amides is 3. The molecule has 0 spiro atoms. The summed E-state index contributed by atoms with van der Waals surface area (Å²) in [4.78, 5) is 54.6. The Hall–Kier alpha value is -4.62. The third-order valence-electron chi connectivity index (χ3n) is 8.34. The topological polar surface area (TPSA) is 153 Å². The maximum atomic E-state index is 14.1. The van der Waals surface area contributed by atoms with E-state index in [4.69, 9.17) is 28.8 Å². The second-order valence-electron chi connectivity index (χ2n) is 11.5. The number of nitrogens with one attached hydrogen (secondary N) is 1. The molecule has 47 heavy (non-hydrogen) atoms. The largest absolute Gasteiger partial charge is 0.493 e. The number of aromatic carboxylic acids is 1. The van der Waals surface area contributed by atoms with Gasteiger partial charge < -0.3 is 39.0 Å². The zero-order valence-electron chi connectivity index (χ0n) is 26.5. The second kappa shape index (κ2) is 15.8. The number of ether oxygens (including phenoxy) is 5. The fraction of sp³-hybridized carbons (Fsp3) is 0.471. The molecule has 3 atom stereocenters. The third-order valence-corrected chi connectivity index (χ3v) is 8.34. The molecule has 2 unspecified atom stereocenters. The van der Waals surface area contributed by atoms with E-state index >= 15 is 0 Å². The number of hydrogen-bond donors (Lipinski definition) is 2. The summed E-state index contributed by atoms with van der Waals surface area (Å²) in [6.07, 6.45) is 4.65. The van der Waals surface area contributed by atoms with Gasteiger partial charge in [0.05, 0.1) is 36.6 Å². The third kappa shape index (κ3) is 8.03. The van der Waals surface area contributed by atoms with Crippen molar-refractivity contribution in [3.05, 3.63) is 60.2 Å². The van der Waals surface area contributed by atoms with Gasteiger partial charge in [-0.05, 0) is 75.3 Å². The molecular formula is C34H41N3O10. The molecule has 0 aromatic heterocycles. The smallest absolute Gasteiger partial charge is 0.416 e. The molecule has 2 saturated heterocycles. The minimum absolute atomic E-state index is 0.0368. The molecule has 13 nitrogen and oxygen atoms in total. The van der Waals surface area contributed by atoms with Gasteiger partial charge in [-0.1, -0.05) is 12.7 Å². The maximum Gasteiger partial charge on any atom is 0.416 e. The molecule has 0 bridgehead atoms. The van der Waals surface area contributed by atoms with Crippen molar-refractivity contribution in [2.45, 2.75) is 69.9 Å². The number of benzene rings is 2. The Morgan fingerprint density at radius 2 is 1.87 bits per heavy atom. The average Bonchev–Trinajstić information content (AvgIpc) is 3.18. The number of methoxy groups -OCH3 is 1. The Labute approximate surface area is 273 Å². The number of nitrogens with zero attached hydrogens (tertiary/aromatic N) is 2. The van der Waals surface area contributed by atoms with Gasteiger partial charge in [0.2, 0.25) is 5.91 Å². The van der Waals surface area contributed by atoms with Crippen LogP contribution in [0, 0.1) is 0 Å². The molecule has 0 saturated carbocycles. The van der Waals surface area contributed by atoms with Crippen LogP contribution in [0.5, 0.6) is 11.5 Å². The molecule has 3 aliphatic heterocycles. The quantitative estimate of drug-likeness (QED) is 0.231. The van der Waals surface area contributed by atoms with Gasteiger partial charge in [-0.15, -0.1) is 0 Å². The Morgan fingerprint density at radius 3 is 2.57 bits per heavy atom. The highest BCUT2D eigenvalue weighted by molar-refractivity contribution is 6.06. The summed E-state index contributed by atoms with van der Waals surface area (Å²) in [7, 11) is 1.46. The van der Waals surface area contributed by atoms with Crippen LogP contribution < -0.4 is 19.7 Å². The number of piperidine rings is 1. The monoisotopic (exact) mass is 651 g/mol. The number of rotatable bonds is 12. The van der Waals surface area contributed by atoms with Crippen molar-refractivity contribution in [1.82, 2.24) is 4.90 Å². The number of carboxylic acid groups (broad SMARTS) is 1. The van der Waals surface area contributed by atoms with E-state index in [2.05, 4.69) is 11.9 Å². The summed E-state index contributed by atoms with van der Waals surface area (Å²) in [5, 5.41) is 11.8. The lowest BCUT2D eigenvalue weighted by molar-refractivity contribution is -0.198. The number of hydrogen-bond acceptors (Lipinski definition) is 9. The van der Waals surface area contributed by atoms with Gasteiger partial charge in [-0.2, -0.15) is 0 Å². The van der Waals surface area contributed by atoms with E-state index in [-0.39, 0.29) is 54.0 Å². The summed E-state index contributed by atoms with van der Waals surface area (Å²) < 4.78 is 29.6. The van der Waals surface area contributed by atoms with Crippen LogP contribution in [-0.4, -0.2) is 85.9 Å². The van der Waals surface area contributed by atoms with E-state index in [0.29, 0.717) is 43.9 Å². The van der Waals surface area contributed by atoms with Gasteiger partial charge in [-0.3, -0.25) is 9.59 Å². The molecule has 3 aliphatic rings. The zero-order chi connectivity index (χ0) is 33.3. The van der Waals surface area contributed by atoms with Crippen LogP contribution in [0.15, 0.2) is 49.1 Å². The molecule has 13 heteroatoms. The molecule has 5 rings (SSSR count). The highest BCUT2D eigenvalue weighted by Gasteiger charge is 2.46. The SMILES string of the molecule is C=CCOC(=O)N1c2cc(OCCCC(=O)Nc3ccc(C(=O)O)cc3)c(OC)cc2C(=O)N2CCCC[C@H]2C1OC1CCCCO1. The van der Waals surface area contributed by atoms with Crippen molar-refractivity contribution >= 4 is 35.3 Å². The molecule has 3 amide bonds. The molecule has 2 N–H and O–H groups in total. The molecule has 2 fully saturated rings. The van der Waals surface area contributed by atoms with Crippen molar-refractivity contribution in [1.29, 1.82) is 0 Å². The van der Waals surface area contributed by atoms with Crippen LogP contribution in [-0.2, 0) is 19.0 Å². The Morgan fingerprint density at radius 1 is 1.09 bits per heavy atom. The summed E-state index contributed by atoms with van der Waals surface area (Å²) in [6, 6.07) is 8.60. The number of anilines is 2. The summed E-state index contributed by atoms with van der Waals surface area (Å²) >= 11 is 0. The zero-order valence-corrected chi connectivity index (χ0v) is 26.5. The van der Waals surface area contributed by atoms with Crippen molar-refractivity contribution in [2.24, 2.45) is 0 Å². The lowest BCUT2D eigenvalue weighted by Crippen LogP contribution is -2.57. The standard InChI is InChI=1S/C34H41N3O10/c1-3-17-46-34(42)37-26-21-28(44-19-8-10-29(38)35-23-14-12-22(13-15-23)33(40)41)27(43-2)20-24(26)31(39)36-16-6-4-9-25(36)32(37)47-30-11-5-7-18-45-30/h3,12-15,20-21,25,30,32H,1,4-11,16-19H2,2H3,(H,35,38)(H,40,41)/t25-,30?,32?/m0/s1. The summed E-state index contributed by atoms with van der Waals surface area (Å²) in [5.74, 6) is -0.999. The number of fused-ring (bicyclic) bond motifs is 2. The molecular weight excluding hydrogens is 610 g/mol. The van der Waals surface area contributed by atoms with Gasteiger partial charge in [0, 0.05) is 31.3 Å². The van der Waals surface area contributed by atoms with Crippen molar-refractivity contribution in [3.8, 4) is 11.5 Å². The van der Waals surface area contributed by atoms with Crippen molar-refractivity contribution in [3.63, 3.8) is 0 Å². The Bertz CT molecular complexity index is 1460. The molecule has 3 heterocycles. The fourth-order valence-corrected chi connectivity index (χ4v) is 6.02. The highest BCUT2D eigenvalue weighted by Crippen LogP contribution is 2.42. The van der Waals surface area contributed by atoms with E-state index < -0.39 is 30.6 Å². The van der Waals surface area contributed by atoms with Gasteiger partial charge in [0.15, 0.2) is 24.0 Å². The van der Waals surface area contributed by atoms with E-state index in [1.807, 2.05) is 0 Å². The van der Waals surface area contributed by atoms with Gasteiger partial charge >= 0.3 is 12.1 Å². The lowest BCUT2D eigenvalue weighted by atomic mass is 10.00. The molecule has 2 aromatic rings. The van der Waals surface area contributed by atoms with Crippen molar-refractivity contribution < 1.29 is 48.0 Å². The Kier molecular flexibility index (Phi) is 11.3. The Balaban J connectivity index is 1.38. The first kappa shape index (κ1) is 33.7. The molecule has 2 aromatic carbocycles. The van der Waals surface area contributed by atoms with Crippen LogP contribution in [0.2, 0.25) is 0 Å².